The molecule has 0 aliphatic rings. The van der Waals surface area contributed by atoms with E-state index in [1.807, 2.05) is 45.2 Å². The number of aromatic nitrogens is 20. The van der Waals surface area contributed by atoms with E-state index >= 15 is 0 Å². The van der Waals surface area contributed by atoms with E-state index in [0.717, 1.165) is 54.6 Å². The number of fused-ring (bicyclic) bond motifs is 4. The number of H-pyrrole nitrogens is 1. The van der Waals surface area contributed by atoms with Crippen molar-refractivity contribution in [3.63, 3.8) is 0 Å². The minimum absolute atomic E-state index is 0. The van der Waals surface area contributed by atoms with Crippen LogP contribution in [0, 0.1) is 51.1 Å². The summed E-state index contributed by atoms with van der Waals surface area (Å²) in [6.45, 7) is 14.1. The van der Waals surface area contributed by atoms with Gasteiger partial charge in [0.15, 0.2) is 51.7 Å². The van der Waals surface area contributed by atoms with E-state index in [4.69, 9.17) is 31.8 Å². The molecule has 52 heteroatoms. The Morgan fingerprint density at radius 1 is 0.514 bits per heavy atom. The van der Waals surface area contributed by atoms with Gasteiger partial charge in [-0.3, -0.25) is 50.9 Å². The van der Waals surface area contributed by atoms with Crippen molar-refractivity contribution in [2.45, 2.75) is 73.5 Å². The number of halogens is 5. The van der Waals surface area contributed by atoms with Crippen molar-refractivity contribution in [3.05, 3.63) is 150 Å². The first-order valence-electron chi connectivity index (χ1n) is 29.3. The summed E-state index contributed by atoms with van der Waals surface area (Å²) in [6, 6.07) is 11.1. The molecule has 0 aliphatic carbocycles. The van der Waals surface area contributed by atoms with Gasteiger partial charge in [0.25, 0.3) is 17.1 Å². The quantitative estimate of drug-likeness (QED) is 0.0261. The second kappa shape index (κ2) is 42.1. The van der Waals surface area contributed by atoms with Gasteiger partial charge in [-0.25, -0.2) is 88.8 Å². The first kappa shape index (κ1) is 90.6. The van der Waals surface area contributed by atoms with Gasteiger partial charge in [-0.1, -0.05) is 0 Å². The number of nitrogens with zero attached hydrogens (tertiary/aromatic N) is 22. The smallest absolute Gasteiger partial charge is 0.793 e. The molecular formula is C57H56BFI4N28NaO17. The number of amides is 2. The van der Waals surface area contributed by atoms with Crippen molar-refractivity contribution < 1.29 is 102 Å². The summed E-state index contributed by atoms with van der Waals surface area (Å²) in [5.41, 5.74) is 17.9. The predicted octanol–water partition coefficient (Wildman–Crippen LogP) is 5.06. The molecule has 109 heavy (non-hydrogen) atoms. The number of nitrogens with two attached hydrogens (primary N) is 3. The Labute approximate surface area is 689 Å². The third kappa shape index (κ3) is 27.4. The standard InChI is InChI=1S/C15H14IN7O4.C15H16IN7O2.C10H6IN7O2.C5H3FN2O2.C5H4IN5.C4H6O4.C2H3BO2.CH4O.Na/c1-15(2,3)27-14(24)20-12-10-11(16)21-22(13(10)19-7-18-12)9-5-4-8(6-17-9)23(25)26;1-15(2,3)25-14(24)21-12-10-11(16)22-23(13(10)20-7-19-12)9-5-4-8(17)6-18-9;11-8-7-9(12)14-4-15-10(7)17(16-8)6-2-1-5(3-13-6)18(19)20;6-5-2-1-4(3-7-5)8(9)10;6-3-2-4(7)8-1-9-5(2)11-10-3;1-3(5)7-8-4(2)6;1-2(4)5-3;1-2;/h4-7H,1-3H3,(H,18,19,20,24);4-7H,17H2,1-3H3,(H,19,20,21,24);1-4H,(H2,12,14,15);1-3H;1H,(H3,7,8,9,10,11);1-2H3;1H3;2H,1H3;/q;;;;;;-1;;+1. The summed E-state index contributed by atoms with van der Waals surface area (Å²) >= 11 is 8.16. The molecule has 12 aromatic heterocycles. The van der Waals surface area contributed by atoms with Gasteiger partial charge in [-0.15, -0.1) is 0 Å². The van der Waals surface area contributed by atoms with Crippen LogP contribution in [-0.4, -0.2) is 176 Å². The van der Waals surface area contributed by atoms with Crippen molar-refractivity contribution in [1.29, 1.82) is 0 Å². The summed E-state index contributed by atoms with van der Waals surface area (Å²) in [5, 5.41) is 65.9. The largest absolute Gasteiger partial charge is 1.00 e. The molecule has 10 N–H and O–H groups in total. The third-order valence-corrected chi connectivity index (χ3v) is 14.6. The number of aromatic amines is 1. The summed E-state index contributed by atoms with van der Waals surface area (Å²) in [5.74, 6) is 0.218. The molecule has 45 nitrogen and oxygen atoms in total. The number of aliphatic hydroxyl groups excluding tert-OH is 1. The van der Waals surface area contributed by atoms with Crippen LogP contribution in [0.5, 0.6) is 0 Å². The fourth-order valence-corrected chi connectivity index (χ4v) is 10.2. The van der Waals surface area contributed by atoms with Gasteiger partial charge in [-0.2, -0.15) is 38.8 Å². The molecule has 3 radical (unpaired) electrons. The molecule has 0 saturated heterocycles. The van der Waals surface area contributed by atoms with Crippen LogP contribution in [0.25, 0.3) is 61.6 Å². The van der Waals surface area contributed by atoms with Crippen LogP contribution < -0.4 is 57.4 Å². The third-order valence-electron chi connectivity index (χ3n) is 11.5. The fourth-order valence-electron chi connectivity index (χ4n) is 7.41. The van der Waals surface area contributed by atoms with E-state index in [2.05, 4.69) is 164 Å². The Balaban J connectivity index is 0.000000283. The zero-order valence-corrected chi connectivity index (χ0v) is 68.9. The van der Waals surface area contributed by atoms with E-state index in [0.29, 0.717) is 90.4 Å². The average molecular weight is 1970 g/mol. The first-order chi connectivity index (χ1) is 50.9. The van der Waals surface area contributed by atoms with E-state index in [1.165, 1.54) is 78.3 Å². The van der Waals surface area contributed by atoms with Crippen LogP contribution in [0.4, 0.5) is 60.0 Å². The van der Waals surface area contributed by atoms with Gasteiger partial charge >= 0.3 is 53.7 Å². The van der Waals surface area contributed by atoms with Gasteiger partial charge in [0, 0.05) is 46.1 Å². The van der Waals surface area contributed by atoms with E-state index in [-0.39, 0.29) is 52.4 Å². The molecule has 2 amide bonds. The minimum atomic E-state index is -0.717. The Bertz CT molecular complexity index is 5170. The zero-order valence-electron chi connectivity index (χ0n) is 58.3. The van der Waals surface area contributed by atoms with Crippen LogP contribution in [0.1, 0.15) is 62.3 Å². The van der Waals surface area contributed by atoms with E-state index < -0.39 is 62.0 Å². The Morgan fingerprint density at radius 2 is 0.862 bits per heavy atom. The number of carbonyl (C=O) groups is 5. The number of nitro groups is 3. The number of carbonyl (C=O) groups excluding carboxylic acids is 5. The predicted molar refractivity (Wildman–Crippen MR) is 412 cm³/mol. The summed E-state index contributed by atoms with van der Waals surface area (Å²) in [7, 11) is 5.32. The SMILES string of the molecule is CC(=O)OOC(C)=O.CC(C)(C)OC(=O)Nc1ncnc2c1c(I)nn2-c1ccc(N)cn1.CC(C)(C)OC(=O)Nc1ncnc2c1c(I)nn2-c1ccc([N+](=O)[O-])cn1.CO.Nc1ncnc2c1c(I)nn2-c1ccc([N+](=O)[O-])cn1.Nc1ncnc2n[nH]c(I)c12.O=[N+]([O-])c1ccc(F)nc1.[B-]OC(C)=O.[Na+]. The molecule has 12 aromatic rings. The molecule has 12 heterocycles. The Morgan fingerprint density at radius 3 is 1.19 bits per heavy atom. The van der Waals surface area contributed by atoms with Crippen molar-refractivity contribution >= 4 is 219 Å². The van der Waals surface area contributed by atoms with Crippen LogP contribution in [-0.2, 0) is 38.3 Å². The molecule has 0 spiro atoms. The van der Waals surface area contributed by atoms with Crippen LogP contribution in [0.2, 0.25) is 0 Å². The van der Waals surface area contributed by atoms with Gasteiger partial charge in [0.2, 0.25) is 11.9 Å². The number of aliphatic hydroxyl groups is 1. The number of ether oxygens (including phenoxy) is 2. The molecule has 0 saturated carbocycles. The molecule has 565 valence electrons. The van der Waals surface area contributed by atoms with Crippen molar-refractivity contribution in [2.24, 2.45) is 0 Å². The van der Waals surface area contributed by atoms with Crippen LogP contribution in [0.15, 0.2) is 98.6 Å². The molecule has 0 atom stereocenters. The van der Waals surface area contributed by atoms with Crippen molar-refractivity contribution in [1.82, 2.24) is 99.3 Å². The molecule has 0 aromatic carbocycles. The molecular weight excluding hydrogens is 1910 g/mol. The van der Waals surface area contributed by atoms with Crippen LogP contribution >= 0.6 is 90.4 Å². The van der Waals surface area contributed by atoms with Gasteiger partial charge in [0.1, 0.15) is 81.5 Å². The molecule has 0 bridgehead atoms. The molecule has 0 fully saturated rings. The zero-order chi connectivity index (χ0) is 80.5. The van der Waals surface area contributed by atoms with Gasteiger partial charge < -0.3 is 44.5 Å². The Kier molecular flexibility index (Phi) is 35.0. The monoisotopic (exact) mass is 1970 g/mol. The average Bonchev–Trinajstić information content (AvgIpc) is 1.65. The van der Waals surface area contributed by atoms with E-state index in [9.17, 15) is 58.7 Å². The number of rotatable bonds is 8. The van der Waals surface area contributed by atoms with Crippen molar-refractivity contribution in [3.8, 4) is 17.5 Å². The van der Waals surface area contributed by atoms with Gasteiger partial charge in [-0.05, 0) is 162 Å². The second-order valence-corrected chi connectivity index (χ2v) is 25.9. The van der Waals surface area contributed by atoms with Crippen LogP contribution in [0.3, 0.4) is 0 Å². The Hall–Kier alpha value is -10.8. The summed E-state index contributed by atoms with van der Waals surface area (Å²) in [6.07, 6.45) is 8.81. The maximum atomic E-state index is 12.1. The van der Waals surface area contributed by atoms with Crippen molar-refractivity contribution in [2.75, 3.05) is 34.9 Å². The number of hydrogen-bond donors (Lipinski definition) is 7. The number of anilines is 5. The number of nitrogen functional groups attached to an aromatic ring is 3. The summed E-state index contributed by atoms with van der Waals surface area (Å²) in [4.78, 5) is 138. The number of hydrogen-bond acceptors (Lipinski definition) is 36. The molecule has 0 unspecified atom stereocenters. The second-order valence-electron chi connectivity index (χ2n) is 21.7. The van der Waals surface area contributed by atoms with E-state index in [1.54, 1.807) is 58.4 Å². The first-order valence-corrected chi connectivity index (χ1v) is 33.6. The normalized spacial score (nSPS) is 10.3. The summed E-state index contributed by atoms with van der Waals surface area (Å²) < 4.78 is 33.2. The molecule has 0 aliphatic heterocycles. The maximum Gasteiger partial charge on any atom is 1.00 e. The number of nitrogens with one attached hydrogen (secondary N) is 3. The van der Waals surface area contributed by atoms with Gasteiger partial charge in [0.05, 0.1) is 48.2 Å². The molecule has 12 rings (SSSR count). The fraction of sp³-hybridized carbons (Fsp3) is 0.211. The topological polar surface area (TPSA) is 620 Å². The minimum Gasteiger partial charge on any atom is -0.793 e. The maximum absolute atomic E-state index is 12.1. The number of pyridine rings is 4.